The Morgan fingerprint density at radius 3 is 2.64 bits per heavy atom. The van der Waals surface area contributed by atoms with Gasteiger partial charge in [-0.2, -0.15) is 0 Å². The highest BCUT2D eigenvalue weighted by molar-refractivity contribution is 14.1. The Bertz CT molecular complexity index is 343. The molecule has 1 atom stereocenters. The predicted molar refractivity (Wildman–Crippen MR) is 52.0 cm³/mol. The van der Waals surface area contributed by atoms with E-state index in [0.29, 0.717) is 4.90 Å². The number of nitrogens with zero attached hydrogens (tertiary/aromatic N) is 1. The summed E-state index contributed by atoms with van der Waals surface area (Å²) in [6.45, 7) is 0. The normalized spacial score (nSPS) is 15.8. The molecule has 0 bridgehead atoms. The molecule has 0 saturated carbocycles. The van der Waals surface area contributed by atoms with E-state index in [0.717, 1.165) is 3.70 Å². The van der Waals surface area contributed by atoms with Crippen LogP contribution >= 0.6 is 22.6 Å². The van der Waals surface area contributed by atoms with Crippen LogP contribution in [0.4, 0.5) is 0 Å². The van der Waals surface area contributed by atoms with Crippen molar-refractivity contribution in [2.24, 2.45) is 0 Å². The van der Waals surface area contributed by atoms with E-state index >= 15 is 0 Å². The van der Waals surface area contributed by atoms with Crippen molar-refractivity contribution < 1.29 is 4.21 Å². The number of hydrogen-bond acceptors (Lipinski definition) is 3. The topological polar surface area (TPSA) is 53.8 Å². The van der Waals surface area contributed by atoms with Crippen LogP contribution in [-0.2, 0) is 9.73 Å². The van der Waals surface area contributed by atoms with Crippen molar-refractivity contribution in [3.63, 3.8) is 0 Å². The molecule has 0 aliphatic heterocycles. The smallest absolute Gasteiger partial charge is 0.101 e. The Hall–Kier alpha value is -0.170. The number of aromatic nitrogens is 1. The first-order valence-corrected chi connectivity index (χ1v) is 5.90. The highest BCUT2D eigenvalue weighted by Crippen LogP contribution is 2.08. The summed E-state index contributed by atoms with van der Waals surface area (Å²) in [6, 6.07) is 3.41. The summed E-state index contributed by atoms with van der Waals surface area (Å²) < 4.78 is 19.2. The molecule has 0 aliphatic rings. The molecule has 1 aromatic rings. The second kappa shape index (κ2) is 3.06. The third kappa shape index (κ3) is 2.41. The minimum atomic E-state index is -2.59. The minimum absolute atomic E-state index is 0.484. The van der Waals surface area contributed by atoms with Gasteiger partial charge in [0.25, 0.3) is 0 Å². The van der Waals surface area contributed by atoms with Gasteiger partial charge in [0.15, 0.2) is 0 Å². The van der Waals surface area contributed by atoms with E-state index in [1.54, 1.807) is 12.1 Å². The van der Waals surface area contributed by atoms with Crippen LogP contribution in [0.25, 0.3) is 0 Å². The molecule has 3 nitrogen and oxygen atoms in total. The van der Waals surface area contributed by atoms with Crippen molar-refractivity contribution in [3.8, 4) is 0 Å². The number of nitrogens with one attached hydrogen (secondary N) is 1. The molecule has 60 valence electrons. The molecule has 5 heteroatoms. The Kier molecular flexibility index (Phi) is 2.48. The lowest BCUT2D eigenvalue weighted by molar-refractivity contribution is 0.678. The van der Waals surface area contributed by atoms with Crippen molar-refractivity contribution in [2.45, 2.75) is 4.90 Å². The molecule has 0 spiro atoms. The van der Waals surface area contributed by atoms with E-state index in [4.69, 9.17) is 4.78 Å². The van der Waals surface area contributed by atoms with Crippen LogP contribution in [0, 0.1) is 8.48 Å². The maximum atomic E-state index is 11.1. The van der Waals surface area contributed by atoms with Gasteiger partial charge in [-0.15, -0.1) is 0 Å². The van der Waals surface area contributed by atoms with E-state index in [2.05, 4.69) is 27.6 Å². The lowest BCUT2D eigenvalue weighted by Crippen LogP contribution is -1.95. The third-order valence-electron chi connectivity index (χ3n) is 1.15. The van der Waals surface area contributed by atoms with E-state index in [1.165, 1.54) is 12.5 Å². The van der Waals surface area contributed by atoms with Gasteiger partial charge in [-0.1, -0.05) is 0 Å². The fourth-order valence-electron chi connectivity index (χ4n) is 0.593. The lowest BCUT2D eigenvalue weighted by Gasteiger charge is -1.98. The molecule has 0 aliphatic carbocycles. The van der Waals surface area contributed by atoms with E-state index in [-0.39, 0.29) is 0 Å². The van der Waals surface area contributed by atoms with Crippen molar-refractivity contribution in [3.05, 3.63) is 22.0 Å². The van der Waals surface area contributed by atoms with Gasteiger partial charge in [0.05, 0.1) is 14.6 Å². The molecule has 0 aromatic carbocycles. The Balaban J connectivity index is 3.20. The molecule has 0 amide bonds. The van der Waals surface area contributed by atoms with Gasteiger partial charge in [-0.25, -0.2) is 14.0 Å². The monoisotopic (exact) mass is 282 g/mol. The highest BCUT2D eigenvalue weighted by Gasteiger charge is 2.01. The first kappa shape index (κ1) is 8.92. The van der Waals surface area contributed by atoms with Crippen LogP contribution in [0.2, 0.25) is 0 Å². The van der Waals surface area contributed by atoms with Gasteiger partial charge in [-0.3, -0.25) is 0 Å². The number of hydrogen-bond donors (Lipinski definition) is 1. The van der Waals surface area contributed by atoms with Gasteiger partial charge >= 0.3 is 0 Å². The van der Waals surface area contributed by atoms with Gasteiger partial charge in [0, 0.05) is 12.5 Å². The molecule has 0 fully saturated rings. The SMILES string of the molecule is CS(=N)(=O)c1ccc(I)nc1. The summed E-state index contributed by atoms with van der Waals surface area (Å²) in [4.78, 5) is 4.42. The molecule has 1 heterocycles. The van der Waals surface area contributed by atoms with Gasteiger partial charge in [0.2, 0.25) is 0 Å². The standard InChI is InChI=1S/C6H7IN2OS/c1-11(8,10)5-2-3-6(7)9-4-5/h2-4,8H,1H3. The summed E-state index contributed by atoms with van der Waals surface area (Å²) in [5, 5.41) is 0. The summed E-state index contributed by atoms with van der Waals surface area (Å²) in [5.41, 5.74) is 0. The number of halogens is 1. The maximum Gasteiger partial charge on any atom is 0.101 e. The quantitative estimate of drug-likeness (QED) is 0.630. The van der Waals surface area contributed by atoms with Crippen LogP contribution in [-0.4, -0.2) is 15.4 Å². The van der Waals surface area contributed by atoms with E-state index < -0.39 is 9.73 Å². The second-order valence-electron chi connectivity index (χ2n) is 2.16. The van der Waals surface area contributed by atoms with Crippen LogP contribution in [0.5, 0.6) is 0 Å². The maximum absolute atomic E-state index is 11.1. The van der Waals surface area contributed by atoms with Gasteiger partial charge in [0.1, 0.15) is 3.70 Å². The highest BCUT2D eigenvalue weighted by atomic mass is 127. The fraction of sp³-hybridized carbons (Fsp3) is 0.167. The molecule has 0 radical (unpaired) electrons. The molecule has 0 saturated heterocycles. The summed E-state index contributed by atoms with van der Waals surface area (Å²) in [6.07, 6.45) is 2.87. The van der Waals surface area contributed by atoms with Crippen LogP contribution < -0.4 is 0 Å². The van der Waals surface area contributed by atoms with Crippen LogP contribution in [0.15, 0.2) is 23.2 Å². The zero-order chi connectivity index (χ0) is 8.48. The number of pyridine rings is 1. The summed E-state index contributed by atoms with van der Waals surface area (Å²) >= 11 is 2.06. The lowest BCUT2D eigenvalue weighted by atomic mass is 10.5. The molecule has 1 unspecified atom stereocenters. The van der Waals surface area contributed by atoms with Crippen molar-refractivity contribution >= 4 is 32.3 Å². The molecule has 1 aromatic heterocycles. The molecule has 11 heavy (non-hydrogen) atoms. The average Bonchev–Trinajstić information content (AvgIpc) is 1.86. The molecule has 1 rings (SSSR count). The fourth-order valence-corrected chi connectivity index (χ4v) is 1.49. The van der Waals surface area contributed by atoms with Crippen LogP contribution in [0.3, 0.4) is 0 Å². The molecule has 1 N–H and O–H groups in total. The first-order valence-electron chi connectivity index (χ1n) is 2.85. The van der Waals surface area contributed by atoms with E-state index in [9.17, 15) is 4.21 Å². The largest absolute Gasteiger partial charge is 0.249 e. The average molecular weight is 282 g/mol. The Morgan fingerprint density at radius 2 is 2.27 bits per heavy atom. The first-order chi connectivity index (χ1) is 5.00. The number of rotatable bonds is 1. The van der Waals surface area contributed by atoms with Crippen molar-refractivity contribution in [1.29, 1.82) is 4.78 Å². The van der Waals surface area contributed by atoms with Gasteiger partial charge < -0.3 is 0 Å². The third-order valence-corrected chi connectivity index (χ3v) is 2.93. The summed E-state index contributed by atoms with van der Waals surface area (Å²) in [7, 11) is -2.59. The van der Waals surface area contributed by atoms with Crippen LogP contribution in [0.1, 0.15) is 0 Å². The zero-order valence-electron chi connectivity index (χ0n) is 5.87. The van der Waals surface area contributed by atoms with Crippen molar-refractivity contribution in [1.82, 2.24) is 4.98 Å². The van der Waals surface area contributed by atoms with E-state index in [1.807, 2.05) is 0 Å². The van der Waals surface area contributed by atoms with Gasteiger partial charge in [-0.05, 0) is 34.7 Å². The molecular weight excluding hydrogens is 275 g/mol. The minimum Gasteiger partial charge on any atom is -0.249 e. The Labute approximate surface area is 79.3 Å². The second-order valence-corrected chi connectivity index (χ2v) is 5.42. The Morgan fingerprint density at radius 1 is 1.64 bits per heavy atom. The zero-order valence-corrected chi connectivity index (χ0v) is 8.85. The van der Waals surface area contributed by atoms with Crippen molar-refractivity contribution in [2.75, 3.05) is 6.26 Å². The molecular formula is C6H7IN2OS. The predicted octanol–water partition coefficient (Wildman–Crippen LogP) is 1.72. The summed E-state index contributed by atoms with van der Waals surface area (Å²) in [5.74, 6) is 0.